The minimum Gasteiger partial charge on any atom is -0.463 e. The van der Waals surface area contributed by atoms with Crippen molar-refractivity contribution in [2.24, 2.45) is 0 Å². The second-order valence-corrected chi connectivity index (χ2v) is 29.4. The number of phosphoric acid groups is 2. The summed E-state index contributed by atoms with van der Waals surface area (Å²) in [6.45, 7) is 2.48. The minimum absolute atomic E-state index is 0.0454. The highest BCUT2D eigenvalue weighted by Gasteiger charge is 2.29. The molecule has 4 N–H and O–H groups in total. The molecule has 0 fully saturated rings. The van der Waals surface area contributed by atoms with Gasteiger partial charge >= 0.3 is 33.6 Å². The molecule has 16 nitrogen and oxygen atoms in total. The minimum atomic E-state index is -4.94. The van der Waals surface area contributed by atoms with Crippen LogP contribution in [0.2, 0.25) is 0 Å². The number of carbonyl (C=O) groups is 3. The lowest BCUT2D eigenvalue weighted by atomic mass is 10.0. The van der Waals surface area contributed by atoms with Gasteiger partial charge in [0, 0.05) is 19.3 Å². The van der Waals surface area contributed by atoms with Crippen molar-refractivity contribution < 1.29 is 75.8 Å². The molecule has 582 valence electrons. The molecular formula is C83H144O16P2. The van der Waals surface area contributed by atoms with Gasteiger partial charge in [0.15, 0.2) is 6.10 Å². The number of ether oxygens (including phenoxy) is 3. The van der Waals surface area contributed by atoms with Gasteiger partial charge in [-0.3, -0.25) is 32.5 Å². The Bertz CT molecular complexity index is 2320. The molecule has 5 atom stereocenters. The van der Waals surface area contributed by atoms with Gasteiger partial charge < -0.3 is 34.2 Å². The summed E-state index contributed by atoms with van der Waals surface area (Å²) < 4.78 is 61.0. The van der Waals surface area contributed by atoms with Gasteiger partial charge in [0.1, 0.15) is 25.4 Å². The number of esters is 3. The maximum atomic E-state index is 13.0. The van der Waals surface area contributed by atoms with Crippen LogP contribution in [0, 0.1) is 0 Å². The largest absolute Gasteiger partial charge is 0.472 e. The van der Waals surface area contributed by atoms with Crippen molar-refractivity contribution in [2.45, 2.75) is 347 Å². The summed E-state index contributed by atoms with van der Waals surface area (Å²) in [5.74, 6) is -1.66. The van der Waals surface area contributed by atoms with E-state index in [4.69, 9.17) is 32.3 Å². The van der Waals surface area contributed by atoms with Crippen LogP contribution in [0.1, 0.15) is 329 Å². The van der Waals surface area contributed by atoms with Crippen LogP contribution in [0.15, 0.2) is 122 Å². The van der Waals surface area contributed by atoms with E-state index in [1.54, 1.807) is 0 Å². The third-order valence-corrected chi connectivity index (χ3v) is 18.6. The zero-order chi connectivity index (χ0) is 73.7. The predicted octanol–water partition coefficient (Wildman–Crippen LogP) is 23.3. The van der Waals surface area contributed by atoms with Gasteiger partial charge in [-0.25, -0.2) is 9.13 Å². The van der Waals surface area contributed by atoms with E-state index in [9.17, 15) is 43.5 Å². The zero-order valence-corrected chi connectivity index (χ0v) is 65.3. The molecule has 0 aliphatic carbocycles. The molecule has 0 aromatic rings. The van der Waals surface area contributed by atoms with Crippen LogP contribution in [0.4, 0.5) is 0 Å². The van der Waals surface area contributed by atoms with E-state index in [0.717, 1.165) is 96.3 Å². The number of aliphatic hydroxyl groups excluding tert-OH is 2. The maximum absolute atomic E-state index is 13.0. The van der Waals surface area contributed by atoms with Crippen LogP contribution in [0.25, 0.3) is 0 Å². The second kappa shape index (κ2) is 75.6. The Morgan fingerprint density at radius 3 is 0.911 bits per heavy atom. The average molecular weight is 1460 g/mol. The second-order valence-electron chi connectivity index (χ2n) is 26.5. The van der Waals surface area contributed by atoms with Crippen molar-refractivity contribution >= 4 is 33.6 Å². The lowest BCUT2D eigenvalue weighted by Crippen LogP contribution is -2.30. The number of carbonyl (C=O) groups excluding carboxylic acids is 3. The summed E-state index contributed by atoms with van der Waals surface area (Å²) in [7, 11) is -9.80. The van der Waals surface area contributed by atoms with Gasteiger partial charge in [0.05, 0.1) is 26.4 Å². The molecule has 0 aliphatic rings. The first-order valence-corrected chi connectivity index (χ1v) is 42.8. The van der Waals surface area contributed by atoms with Gasteiger partial charge in [0.25, 0.3) is 0 Å². The van der Waals surface area contributed by atoms with Gasteiger partial charge in [-0.15, -0.1) is 0 Å². The Morgan fingerprint density at radius 2 is 0.545 bits per heavy atom. The Morgan fingerprint density at radius 1 is 0.287 bits per heavy atom. The molecule has 0 rings (SSSR count). The van der Waals surface area contributed by atoms with E-state index in [1.807, 2.05) is 18.2 Å². The molecule has 0 radical (unpaired) electrons. The molecule has 0 aromatic carbocycles. The SMILES string of the molecule is CC/C=C\C/C=C\C/C=C\C/C=C\C/C=C\C/C=C\CCC(=O)OCC(COP(=O)(O)OCC(O)COP(=O)(O)OCC(O)COC(=O)CCCCCCCCCCCCCCCCC/C=C\C/C=C\C/C=C\C/C=C\CCCCC)OC(=O)CCCCCCCCCCCCCCCCC. The first kappa shape index (κ1) is 97.0. The number of hydrogen-bond donors (Lipinski definition) is 4. The van der Waals surface area contributed by atoms with E-state index in [-0.39, 0.29) is 19.3 Å². The molecule has 5 unspecified atom stereocenters. The van der Waals surface area contributed by atoms with Gasteiger partial charge in [-0.05, 0) is 103 Å². The molecule has 0 saturated heterocycles. The van der Waals surface area contributed by atoms with E-state index in [0.29, 0.717) is 25.7 Å². The molecule has 0 spiro atoms. The highest BCUT2D eigenvalue weighted by atomic mass is 31.2. The summed E-state index contributed by atoms with van der Waals surface area (Å²) in [5, 5.41) is 20.6. The molecular weight excluding hydrogens is 1310 g/mol. The van der Waals surface area contributed by atoms with Crippen molar-refractivity contribution in [2.75, 3.05) is 39.6 Å². The van der Waals surface area contributed by atoms with Crippen molar-refractivity contribution in [3.8, 4) is 0 Å². The number of aliphatic hydroxyl groups is 2. The molecule has 0 aliphatic heterocycles. The topological polar surface area (TPSA) is 231 Å². The number of rotatable bonds is 75. The predicted molar refractivity (Wildman–Crippen MR) is 417 cm³/mol. The molecule has 0 bridgehead atoms. The highest BCUT2D eigenvalue weighted by molar-refractivity contribution is 7.47. The summed E-state index contributed by atoms with van der Waals surface area (Å²) >= 11 is 0. The normalized spacial score (nSPS) is 14.6. The Hall–Kier alpha value is -4.05. The highest BCUT2D eigenvalue weighted by Crippen LogP contribution is 2.45. The zero-order valence-electron chi connectivity index (χ0n) is 63.5. The maximum Gasteiger partial charge on any atom is 0.472 e. The fourth-order valence-electron chi connectivity index (χ4n) is 10.6. The van der Waals surface area contributed by atoms with Gasteiger partial charge in [0.2, 0.25) is 0 Å². The molecule has 0 saturated carbocycles. The first-order chi connectivity index (χ1) is 49.2. The molecule has 101 heavy (non-hydrogen) atoms. The summed E-state index contributed by atoms with van der Waals surface area (Å²) in [6.07, 6.45) is 89.9. The number of allylic oxidation sites excluding steroid dienone is 20. The molecule has 0 heterocycles. The van der Waals surface area contributed by atoms with Gasteiger partial charge in [-0.1, -0.05) is 328 Å². The third-order valence-electron chi connectivity index (χ3n) is 16.7. The van der Waals surface area contributed by atoms with E-state index < -0.39 is 91.5 Å². The summed E-state index contributed by atoms with van der Waals surface area (Å²) in [4.78, 5) is 58.6. The average Bonchev–Trinajstić information content (AvgIpc) is 1.14. The van der Waals surface area contributed by atoms with Crippen LogP contribution < -0.4 is 0 Å². The number of unbranched alkanes of at least 4 members (excludes halogenated alkanes) is 32. The van der Waals surface area contributed by atoms with Crippen LogP contribution >= 0.6 is 15.6 Å². The van der Waals surface area contributed by atoms with Crippen LogP contribution in [-0.4, -0.2) is 95.9 Å². The van der Waals surface area contributed by atoms with Gasteiger partial charge in [-0.2, -0.15) is 0 Å². The first-order valence-electron chi connectivity index (χ1n) is 39.8. The Kier molecular flexibility index (Phi) is 72.6. The van der Waals surface area contributed by atoms with Crippen molar-refractivity contribution in [3.63, 3.8) is 0 Å². The fraction of sp³-hybridized carbons (Fsp3) is 0.723. The number of phosphoric ester groups is 2. The standard InChI is InChI=1S/C83H144O16P2/c1-4-7-10-13-16-19-22-25-28-30-32-33-34-35-36-37-38-39-40-41-42-43-45-47-49-51-54-57-60-63-66-69-81(86)93-72-78(84)73-95-100(89,90)96-74-79(85)75-97-101(91,92)98-77-80(99-83(88)71-68-65-62-59-56-53-48-27-24-21-18-15-12-9-6-3)76-94-82(87)70-67-64-61-58-55-52-50-46-44-31-29-26-23-20-17-14-11-8-5-2/h8,11,16-17,19-20,25-26,28-29,32-33,35-36,44,46,52,55,61,64,78-80,84-85H,4-7,9-10,12-15,18,21-24,27,30-31,34,37-43,45,47-51,53-54,56-60,62-63,65-77H2,1-3H3,(H,89,90)(H,91,92)/b11-8-,19-16-,20-17-,28-25-,29-26-,33-32-,36-35-,46-44-,55-52-,64-61-. The van der Waals surface area contributed by atoms with Crippen molar-refractivity contribution in [1.82, 2.24) is 0 Å². The fourth-order valence-corrected chi connectivity index (χ4v) is 12.2. The molecule has 0 amide bonds. The lowest BCUT2D eigenvalue weighted by Gasteiger charge is -2.21. The van der Waals surface area contributed by atoms with E-state index >= 15 is 0 Å². The van der Waals surface area contributed by atoms with E-state index in [1.165, 1.54) is 167 Å². The van der Waals surface area contributed by atoms with Crippen LogP contribution in [0.3, 0.4) is 0 Å². The monoisotopic (exact) mass is 1460 g/mol. The Balaban J connectivity index is 4.51. The summed E-state index contributed by atoms with van der Waals surface area (Å²) in [6, 6.07) is 0. The quantitative estimate of drug-likeness (QED) is 0.0146. The smallest absolute Gasteiger partial charge is 0.463 e. The molecule has 18 heteroatoms. The summed E-state index contributed by atoms with van der Waals surface area (Å²) in [5.41, 5.74) is 0. The van der Waals surface area contributed by atoms with Crippen LogP contribution in [0.5, 0.6) is 0 Å². The van der Waals surface area contributed by atoms with Crippen LogP contribution in [-0.2, 0) is 55.8 Å². The van der Waals surface area contributed by atoms with Crippen molar-refractivity contribution in [3.05, 3.63) is 122 Å². The number of hydrogen-bond acceptors (Lipinski definition) is 14. The molecule has 0 aromatic heterocycles. The third kappa shape index (κ3) is 76.9. The van der Waals surface area contributed by atoms with E-state index in [2.05, 4.69) is 124 Å². The van der Waals surface area contributed by atoms with Crippen molar-refractivity contribution in [1.29, 1.82) is 0 Å². The Labute approximate surface area is 614 Å². The lowest BCUT2D eigenvalue weighted by molar-refractivity contribution is -0.161.